The summed E-state index contributed by atoms with van der Waals surface area (Å²) in [6, 6.07) is 9.42. The van der Waals surface area contributed by atoms with E-state index in [4.69, 9.17) is 0 Å². The molecule has 0 radical (unpaired) electrons. The fraction of sp³-hybridized carbons (Fsp3) is 0.235. The molecule has 0 unspecified atom stereocenters. The molecule has 1 heterocycles. The molecular weight excluding hydrogens is 269 g/mol. The predicted molar refractivity (Wildman–Crippen MR) is 77.9 cm³/mol. The summed E-state index contributed by atoms with van der Waals surface area (Å²) in [5.41, 5.74) is 1.30. The van der Waals surface area contributed by atoms with Gasteiger partial charge >= 0.3 is 0 Å². The topological polar surface area (TPSA) is 47.0 Å². The Morgan fingerprint density at radius 1 is 1.05 bits per heavy atom. The lowest BCUT2D eigenvalue weighted by molar-refractivity contribution is 0.0912. The van der Waals surface area contributed by atoms with E-state index in [1.54, 1.807) is 18.3 Å². The molecule has 0 N–H and O–H groups in total. The van der Waals surface area contributed by atoms with Gasteiger partial charge in [-0.15, -0.1) is 0 Å². The van der Waals surface area contributed by atoms with Crippen LogP contribution in [0.25, 0.3) is 0 Å². The van der Waals surface area contributed by atoms with Crippen LogP contribution in [0, 0.1) is 5.82 Å². The van der Waals surface area contributed by atoms with Gasteiger partial charge in [0.15, 0.2) is 11.6 Å². The molecule has 0 aliphatic carbocycles. The smallest absolute Gasteiger partial charge is 0.181 e. The normalized spacial score (nSPS) is 10.4. The van der Waals surface area contributed by atoms with Crippen LogP contribution in [0.1, 0.15) is 46.2 Å². The van der Waals surface area contributed by atoms with Gasteiger partial charge in [0.25, 0.3) is 0 Å². The Bertz CT molecular complexity index is 667. The van der Waals surface area contributed by atoms with Crippen LogP contribution in [0.5, 0.6) is 0 Å². The average molecular weight is 285 g/mol. The Morgan fingerprint density at radius 3 is 2.48 bits per heavy atom. The Balaban J connectivity index is 2.05. The number of benzene rings is 1. The number of halogens is 1. The number of ketones is 2. The van der Waals surface area contributed by atoms with Crippen molar-refractivity contribution >= 4 is 11.6 Å². The molecule has 0 aliphatic heterocycles. The summed E-state index contributed by atoms with van der Waals surface area (Å²) in [5.74, 6) is -1.10. The van der Waals surface area contributed by atoms with Crippen LogP contribution >= 0.6 is 0 Å². The van der Waals surface area contributed by atoms with Gasteiger partial charge in [0, 0.05) is 19.0 Å². The maximum absolute atomic E-state index is 13.5. The lowest BCUT2D eigenvalue weighted by Gasteiger charge is -2.05. The van der Waals surface area contributed by atoms with Crippen molar-refractivity contribution in [1.29, 1.82) is 0 Å². The van der Waals surface area contributed by atoms with Crippen molar-refractivity contribution in [2.75, 3.05) is 0 Å². The minimum absolute atomic E-state index is 0.0144. The Hall–Kier alpha value is -2.36. The van der Waals surface area contributed by atoms with Crippen LogP contribution in [0.15, 0.2) is 42.6 Å². The number of aromatic nitrogens is 1. The summed E-state index contributed by atoms with van der Waals surface area (Å²) >= 11 is 0. The van der Waals surface area contributed by atoms with Gasteiger partial charge in [0.2, 0.25) is 0 Å². The van der Waals surface area contributed by atoms with Crippen LogP contribution in [0.2, 0.25) is 0 Å². The van der Waals surface area contributed by atoms with Gasteiger partial charge in [0.1, 0.15) is 11.5 Å². The van der Waals surface area contributed by atoms with E-state index in [-0.39, 0.29) is 30.0 Å². The highest BCUT2D eigenvalue weighted by molar-refractivity contribution is 6.02. The van der Waals surface area contributed by atoms with Crippen molar-refractivity contribution in [2.24, 2.45) is 0 Å². The maximum atomic E-state index is 13.5. The third-order valence-electron chi connectivity index (χ3n) is 3.29. The molecule has 0 saturated heterocycles. The molecular formula is C17H16FNO2. The monoisotopic (exact) mass is 285 g/mol. The first-order valence-electron chi connectivity index (χ1n) is 6.88. The predicted octanol–water partition coefficient (Wildman–Crippen LogP) is 3.63. The molecule has 0 atom stereocenters. The van der Waals surface area contributed by atoms with Gasteiger partial charge < -0.3 is 0 Å². The Kier molecular flexibility index (Phi) is 4.93. The number of hydrogen-bond donors (Lipinski definition) is 0. The largest absolute Gasteiger partial charge is 0.294 e. The van der Waals surface area contributed by atoms with Crippen LogP contribution < -0.4 is 0 Å². The second-order valence-electron chi connectivity index (χ2n) is 4.69. The molecule has 2 rings (SSSR count). The van der Waals surface area contributed by atoms with E-state index in [9.17, 15) is 14.0 Å². The molecule has 2 aromatic rings. The van der Waals surface area contributed by atoms with Crippen molar-refractivity contribution in [3.05, 3.63) is 65.2 Å². The number of rotatable bonds is 6. The van der Waals surface area contributed by atoms with Gasteiger partial charge in [0.05, 0.1) is 5.56 Å². The van der Waals surface area contributed by atoms with E-state index in [1.807, 2.05) is 13.0 Å². The quantitative estimate of drug-likeness (QED) is 0.761. The molecule has 0 fully saturated rings. The lowest BCUT2D eigenvalue weighted by Crippen LogP contribution is -2.10. The maximum Gasteiger partial charge on any atom is 0.181 e. The Labute approximate surface area is 122 Å². The van der Waals surface area contributed by atoms with Crippen molar-refractivity contribution in [2.45, 2.75) is 26.2 Å². The summed E-state index contributed by atoms with van der Waals surface area (Å²) in [4.78, 5) is 28.2. The fourth-order valence-corrected chi connectivity index (χ4v) is 2.14. The summed E-state index contributed by atoms with van der Waals surface area (Å²) in [7, 11) is 0. The van der Waals surface area contributed by atoms with Gasteiger partial charge in [-0.3, -0.25) is 14.6 Å². The van der Waals surface area contributed by atoms with Gasteiger partial charge in [-0.25, -0.2) is 4.39 Å². The van der Waals surface area contributed by atoms with Crippen LogP contribution in [-0.2, 0) is 6.42 Å². The second-order valence-corrected chi connectivity index (χ2v) is 4.69. The molecule has 0 bridgehead atoms. The molecule has 3 nitrogen and oxygen atoms in total. The van der Waals surface area contributed by atoms with Crippen molar-refractivity contribution in [3.63, 3.8) is 0 Å². The molecule has 21 heavy (non-hydrogen) atoms. The molecule has 1 aromatic heterocycles. The van der Waals surface area contributed by atoms with Crippen molar-refractivity contribution in [1.82, 2.24) is 4.98 Å². The van der Waals surface area contributed by atoms with Crippen LogP contribution in [0.4, 0.5) is 4.39 Å². The highest BCUT2D eigenvalue weighted by atomic mass is 19.1. The lowest BCUT2D eigenvalue weighted by atomic mass is 10.0. The first-order chi connectivity index (χ1) is 10.1. The standard InChI is InChI=1S/C17H16FNO2/c1-2-12-6-5-11-19-17(12)16(21)10-9-15(20)13-7-3-4-8-14(13)18/h3-8,11H,2,9-10H2,1H3. The molecule has 0 spiro atoms. The molecule has 0 saturated carbocycles. The number of pyridine rings is 1. The molecule has 1 aromatic carbocycles. The minimum atomic E-state index is -0.554. The molecule has 108 valence electrons. The number of carbonyl (C=O) groups is 2. The third kappa shape index (κ3) is 3.60. The highest BCUT2D eigenvalue weighted by Crippen LogP contribution is 2.14. The SMILES string of the molecule is CCc1cccnc1C(=O)CCC(=O)c1ccccc1F. The van der Waals surface area contributed by atoms with Crippen molar-refractivity contribution in [3.8, 4) is 0 Å². The minimum Gasteiger partial charge on any atom is -0.294 e. The fourth-order valence-electron chi connectivity index (χ4n) is 2.14. The van der Waals surface area contributed by atoms with Gasteiger partial charge in [-0.1, -0.05) is 25.1 Å². The zero-order valence-corrected chi connectivity index (χ0v) is 11.8. The Morgan fingerprint density at radius 2 is 1.76 bits per heavy atom. The van der Waals surface area contributed by atoms with E-state index in [0.29, 0.717) is 12.1 Å². The van der Waals surface area contributed by atoms with E-state index in [1.165, 1.54) is 18.2 Å². The first-order valence-corrected chi connectivity index (χ1v) is 6.88. The van der Waals surface area contributed by atoms with Crippen molar-refractivity contribution < 1.29 is 14.0 Å². The number of aryl methyl sites for hydroxylation is 1. The van der Waals surface area contributed by atoms with Gasteiger partial charge in [-0.05, 0) is 30.2 Å². The van der Waals surface area contributed by atoms with E-state index in [0.717, 1.165) is 5.56 Å². The number of carbonyl (C=O) groups excluding carboxylic acids is 2. The molecule has 0 aliphatic rings. The first kappa shape index (κ1) is 15.0. The highest BCUT2D eigenvalue weighted by Gasteiger charge is 2.16. The number of nitrogens with zero attached hydrogens (tertiary/aromatic N) is 1. The summed E-state index contributed by atoms with van der Waals surface area (Å²) in [6.07, 6.45) is 2.29. The number of Topliss-reactive ketones (excluding diaryl/α,β-unsaturated/α-hetero) is 2. The summed E-state index contributed by atoms with van der Waals surface area (Å²) < 4.78 is 13.5. The van der Waals surface area contributed by atoms with Crippen LogP contribution in [-0.4, -0.2) is 16.6 Å². The number of hydrogen-bond acceptors (Lipinski definition) is 3. The van der Waals surface area contributed by atoms with E-state index >= 15 is 0 Å². The van der Waals surface area contributed by atoms with Crippen LogP contribution in [0.3, 0.4) is 0 Å². The summed E-state index contributed by atoms with van der Waals surface area (Å²) in [5, 5.41) is 0. The molecule has 0 amide bonds. The molecule has 4 heteroatoms. The zero-order chi connectivity index (χ0) is 15.2. The van der Waals surface area contributed by atoms with E-state index < -0.39 is 5.82 Å². The zero-order valence-electron chi connectivity index (χ0n) is 11.8. The van der Waals surface area contributed by atoms with E-state index in [2.05, 4.69) is 4.98 Å². The van der Waals surface area contributed by atoms with Gasteiger partial charge in [-0.2, -0.15) is 0 Å². The third-order valence-corrected chi connectivity index (χ3v) is 3.29. The average Bonchev–Trinajstić information content (AvgIpc) is 2.52. The second kappa shape index (κ2) is 6.88. The summed E-state index contributed by atoms with van der Waals surface area (Å²) in [6.45, 7) is 1.94.